The van der Waals surface area contributed by atoms with Gasteiger partial charge in [-0.1, -0.05) is 6.07 Å². The van der Waals surface area contributed by atoms with Gasteiger partial charge < -0.3 is 9.73 Å². The molecule has 0 radical (unpaired) electrons. The Hall–Kier alpha value is -2.90. The van der Waals surface area contributed by atoms with Crippen LogP contribution < -0.4 is 5.32 Å². The highest BCUT2D eigenvalue weighted by Crippen LogP contribution is 2.33. The Morgan fingerprint density at radius 2 is 2.04 bits per heavy atom. The van der Waals surface area contributed by atoms with Crippen LogP contribution in [0.4, 0.5) is 19.0 Å². The number of alkyl halides is 3. The molecule has 0 aromatic carbocycles. The number of anilines is 1. The molecule has 3 heterocycles. The van der Waals surface area contributed by atoms with Crippen molar-refractivity contribution in [3.05, 3.63) is 60.4 Å². The van der Waals surface area contributed by atoms with Crippen molar-refractivity contribution in [1.29, 1.82) is 0 Å². The van der Waals surface area contributed by atoms with Crippen LogP contribution in [0.1, 0.15) is 11.3 Å². The van der Waals surface area contributed by atoms with Gasteiger partial charge in [0.05, 0.1) is 24.0 Å². The molecular weight excluding hydrogens is 309 g/mol. The number of pyridine rings is 2. The molecule has 3 aromatic rings. The van der Waals surface area contributed by atoms with Crippen LogP contribution in [0.2, 0.25) is 0 Å². The maximum atomic E-state index is 13.0. The highest BCUT2D eigenvalue weighted by Gasteiger charge is 2.32. The number of hydrogen-bond donors (Lipinski definition) is 1. The lowest BCUT2D eigenvalue weighted by molar-refractivity contribution is -0.137. The first-order valence-electron chi connectivity index (χ1n) is 6.64. The molecule has 118 valence electrons. The minimum atomic E-state index is -4.49. The molecule has 0 unspecified atom stereocenters. The molecule has 0 atom stereocenters. The average molecular weight is 320 g/mol. The van der Waals surface area contributed by atoms with Crippen molar-refractivity contribution in [1.82, 2.24) is 15.0 Å². The van der Waals surface area contributed by atoms with Crippen molar-refractivity contribution in [2.45, 2.75) is 12.7 Å². The van der Waals surface area contributed by atoms with Crippen molar-refractivity contribution >= 4 is 5.82 Å². The van der Waals surface area contributed by atoms with Crippen molar-refractivity contribution in [2.75, 3.05) is 5.32 Å². The van der Waals surface area contributed by atoms with Crippen LogP contribution >= 0.6 is 0 Å². The average Bonchev–Trinajstić information content (AvgIpc) is 3.07. The Balaban J connectivity index is 1.91. The second-order valence-electron chi connectivity index (χ2n) is 4.66. The minimum absolute atomic E-state index is 0.0563. The molecular formula is C15H11F3N4O. The third-order valence-corrected chi connectivity index (χ3v) is 3.01. The van der Waals surface area contributed by atoms with E-state index in [0.29, 0.717) is 5.69 Å². The molecule has 0 amide bonds. The van der Waals surface area contributed by atoms with E-state index in [-0.39, 0.29) is 23.8 Å². The Kier molecular flexibility index (Phi) is 3.96. The van der Waals surface area contributed by atoms with Crippen LogP contribution in [-0.2, 0) is 12.7 Å². The van der Waals surface area contributed by atoms with Gasteiger partial charge in [0.1, 0.15) is 11.5 Å². The smallest absolute Gasteiger partial charge is 0.416 e. The van der Waals surface area contributed by atoms with E-state index >= 15 is 0 Å². The zero-order chi connectivity index (χ0) is 16.3. The molecule has 0 saturated carbocycles. The summed E-state index contributed by atoms with van der Waals surface area (Å²) in [6, 6.07) is 7.19. The fourth-order valence-corrected chi connectivity index (χ4v) is 1.94. The van der Waals surface area contributed by atoms with Crippen molar-refractivity contribution in [3.63, 3.8) is 0 Å². The fourth-order valence-electron chi connectivity index (χ4n) is 1.94. The lowest BCUT2D eigenvalue weighted by Gasteiger charge is -2.11. The first kappa shape index (κ1) is 15.0. The third kappa shape index (κ3) is 3.65. The number of nitrogens with zero attached hydrogens (tertiary/aromatic N) is 3. The Labute approximate surface area is 129 Å². The molecule has 8 heteroatoms. The standard InChI is InChI=1S/C15H11F3N4O/c16-15(17,18)10-5-12(13-8-19-9-23-13)22-14(6-10)21-7-11-3-1-2-4-20-11/h1-6,8-9H,7H2,(H,21,22). The van der Waals surface area contributed by atoms with E-state index in [2.05, 4.69) is 20.3 Å². The number of oxazole rings is 1. The van der Waals surface area contributed by atoms with Crippen LogP contribution in [-0.4, -0.2) is 15.0 Å². The second-order valence-corrected chi connectivity index (χ2v) is 4.66. The van der Waals surface area contributed by atoms with E-state index in [4.69, 9.17) is 4.42 Å². The molecule has 0 saturated heterocycles. The van der Waals surface area contributed by atoms with Crippen molar-refractivity contribution in [2.24, 2.45) is 0 Å². The SMILES string of the molecule is FC(F)(F)c1cc(NCc2ccccn2)nc(-c2cnco2)c1. The summed E-state index contributed by atoms with van der Waals surface area (Å²) in [7, 11) is 0. The maximum absolute atomic E-state index is 13.0. The van der Waals surface area contributed by atoms with Gasteiger partial charge in [-0.3, -0.25) is 4.98 Å². The summed E-state index contributed by atoms with van der Waals surface area (Å²) < 4.78 is 44.1. The summed E-state index contributed by atoms with van der Waals surface area (Å²) in [6.07, 6.45) is -0.432. The van der Waals surface area contributed by atoms with Crippen LogP contribution in [0, 0.1) is 0 Å². The largest absolute Gasteiger partial charge is 0.442 e. The first-order chi connectivity index (χ1) is 11.0. The van der Waals surface area contributed by atoms with E-state index in [9.17, 15) is 13.2 Å². The fraction of sp³-hybridized carbons (Fsp3) is 0.133. The van der Waals surface area contributed by atoms with Gasteiger partial charge in [0.25, 0.3) is 0 Å². The lowest BCUT2D eigenvalue weighted by Crippen LogP contribution is -2.09. The predicted molar refractivity (Wildman–Crippen MR) is 76.3 cm³/mol. The topological polar surface area (TPSA) is 63.8 Å². The predicted octanol–water partition coefficient (Wildman–Crippen LogP) is 3.76. The monoisotopic (exact) mass is 320 g/mol. The van der Waals surface area contributed by atoms with Gasteiger partial charge in [-0.25, -0.2) is 9.97 Å². The molecule has 1 N–H and O–H groups in total. The molecule has 0 fully saturated rings. The molecule has 3 rings (SSSR count). The first-order valence-corrected chi connectivity index (χ1v) is 6.64. The summed E-state index contributed by atoms with van der Waals surface area (Å²) in [5.74, 6) is 0.244. The zero-order valence-electron chi connectivity index (χ0n) is 11.7. The van der Waals surface area contributed by atoms with E-state index in [1.54, 1.807) is 24.4 Å². The van der Waals surface area contributed by atoms with E-state index in [1.165, 1.54) is 6.20 Å². The summed E-state index contributed by atoms with van der Waals surface area (Å²) in [5.41, 5.74) is -0.0730. The van der Waals surface area contributed by atoms with E-state index in [0.717, 1.165) is 18.5 Å². The Bertz CT molecular complexity index is 773. The van der Waals surface area contributed by atoms with Crippen LogP contribution in [0.5, 0.6) is 0 Å². The molecule has 5 nitrogen and oxygen atoms in total. The van der Waals surface area contributed by atoms with Gasteiger partial charge in [0, 0.05) is 6.20 Å². The zero-order valence-corrected chi connectivity index (χ0v) is 11.7. The molecule has 0 aliphatic heterocycles. The summed E-state index contributed by atoms with van der Waals surface area (Å²) in [5, 5.41) is 2.84. The number of rotatable bonds is 4. The second kappa shape index (κ2) is 6.07. The molecule has 0 bridgehead atoms. The highest BCUT2D eigenvalue weighted by atomic mass is 19.4. The van der Waals surface area contributed by atoms with E-state index in [1.807, 2.05) is 0 Å². The number of nitrogens with one attached hydrogen (secondary N) is 1. The summed E-state index contributed by atoms with van der Waals surface area (Å²) >= 11 is 0. The Morgan fingerprint density at radius 3 is 2.70 bits per heavy atom. The molecule has 0 aliphatic rings. The van der Waals surface area contributed by atoms with Gasteiger partial charge in [-0.15, -0.1) is 0 Å². The van der Waals surface area contributed by atoms with Gasteiger partial charge >= 0.3 is 6.18 Å². The molecule has 0 spiro atoms. The van der Waals surface area contributed by atoms with Crippen molar-refractivity contribution in [3.8, 4) is 11.5 Å². The van der Waals surface area contributed by atoms with Gasteiger partial charge in [0.2, 0.25) is 0 Å². The molecule has 3 aromatic heterocycles. The lowest BCUT2D eigenvalue weighted by atomic mass is 10.2. The van der Waals surface area contributed by atoms with Gasteiger partial charge in [0.15, 0.2) is 12.2 Å². The molecule has 0 aliphatic carbocycles. The van der Waals surface area contributed by atoms with Crippen LogP contribution in [0.3, 0.4) is 0 Å². The Morgan fingerprint density at radius 1 is 1.17 bits per heavy atom. The van der Waals surface area contributed by atoms with Crippen LogP contribution in [0.25, 0.3) is 11.5 Å². The molecule has 23 heavy (non-hydrogen) atoms. The third-order valence-electron chi connectivity index (χ3n) is 3.01. The maximum Gasteiger partial charge on any atom is 0.416 e. The number of halogens is 3. The normalized spacial score (nSPS) is 11.4. The number of aromatic nitrogens is 3. The van der Waals surface area contributed by atoms with Gasteiger partial charge in [-0.2, -0.15) is 13.2 Å². The number of hydrogen-bond acceptors (Lipinski definition) is 5. The summed E-state index contributed by atoms with van der Waals surface area (Å²) in [6.45, 7) is 0.255. The van der Waals surface area contributed by atoms with Gasteiger partial charge in [-0.05, 0) is 24.3 Å². The van der Waals surface area contributed by atoms with Crippen LogP contribution in [0.15, 0.2) is 53.5 Å². The minimum Gasteiger partial charge on any atom is -0.442 e. The highest BCUT2D eigenvalue weighted by molar-refractivity contribution is 5.57. The van der Waals surface area contributed by atoms with Crippen molar-refractivity contribution < 1.29 is 17.6 Å². The quantitative estimate of drug-likeness (QED) is 0.793. The summed E-state index contributed by atoms with van der Waals surface area (Å²) in [4.78, 5) is 11.9. The van der Waals surface area contributed by atoms with E-state index < -0.39 is 11.7 Å².